The van der Waals surface area contributed by atoms with Crippen molar-refractivity contribution in [3.8, 4) is 11.1 Å². The maximum atomic E-state index is 13.0. The molecule has 0 atom stereocenters. The molecule has 0 saturated heterocycles. The van der Waals surface area contributed by atoms with Crippen molar-refractivity contribution >= 4 is 17.4 Å². The van der Waals surface area contributed by atoms with Gasteiger partial charge in [-0.15, -0.1) is 0 Å². The molecule has 0 aliphatic heterocycles. The lowest BCUT2D eigenvalue weighted by Crippen LogP contribution is -1.92. The van der Waals surface area contributed by atoms with Crippen molar-refractivity contribution in [1.29, 1.82) is 0 Å². The Labute approximate surface area is 95.7 Å². The van der Waals surface area contributed by atoms with E-state index in [1.165, 1.54) is 24.4 Å². The molecule has 82 valence electrons. The zero-order valence-corrected chi connectivity index (χ0v) is 8.80. The van der Waals surface area contributed by atoms with E-state index in [0.29, 0.717) is 11.1 Å². The van der Waals surface area contributed by atoms with Crippen molar-refractivity contribution in [3.63, 3.8) is 0 Å². The molecule has 1 aromatic carbocycles. The minimum absolute atomic E-state index is 0.183. The molecule has 0 fully saturated rings. The summed E-state index contributed by atoms with van der Waals surface area (Å²) >= 11 is 5.77. The molecule has 16 heavy (non-hydrogen) atoms. The molecule has 0 aliphatic rings. The fourth-order valence-electron chi connectivity index (χ4n) is 1.33. The number of nitrogen functional groups attached to an aromatic ring is 1. The summed E-state index contributed by atoms with van der Waals surface area (Å²) < 4.78 is 26.0. The molecule has 0 amide bonds. The Balaban J connectivity index is 2.54. The summed E-state index contributed by atoms with van der Waals surface area (Å²) in [5, 5.41) is 0.252. The molecule has 2 N–H and O–H groups in total. The molecule has 1 heterocycles. The summed E-state index contributed by atoms with van der Waals surface area (Å²) in [7, 11) is 0. The zero-order chi connectivity index (χ0) is 11.7. The average molecular weight is 241 g/mol. The van der Waals surface area contributed by atoms with Gasteiger partial charge in [0.1, 0.15) is 17.5 Å². The molecule has 0 saturated carbocycles. The van der Waals surface area contributed by atoms with Crippen LogP contribution in [0.1, 0.15) is 0 Å². The van der Waals surface area contributed by atoms with Gasteiger partial charge < -0.3 is 5.73 Å². The van der Waals surface area contributed by atoms with Crippen molar-refractivity contribution in [1.82, 2.24) is 4.98 Å². The Morgan fingerprint density at radius 1 is 1.00 bits per heavy atom. The van der Waals surface area contributed by atoms with Crippen molar-refractivity contribution in [2.75, 3.05) is 5.73 Å². The van der Waals surface area contributed by atoms with Gasteiger partial charge in [0, 0.05) is 17.8 Å². The van der Waals surface area contributed by atoms with Crippen LogP contribution in [0.25, 0.3) is 11.1 Å². The van der Waals surface area contributed by atoms with Gasteiger partial charge in [0.15, 0.2) is 0 Å². The van der Waals surface area contributed by atoms with Gasteiger partial charge in [-0.1, -0.05) is 11.6 Å². The van der Waals surface area contributed by atoms with Gasteiger partial charge in [-0.2, -0.15) is 0 Å². The Hall–Kier alpha value is -1.68. The second-order valence-electron chi connectivity index (χ2n) is 3.25. The van der Waals surface area contributed by atoms with E-state index in [4.69, 9.17) is 17.3 Å². The number of benzene rings is 1. The van der Waals surface area contributed by atoms with E-state index >= 15 is 0 Å². The van der Waals surface area contributed by atoms with Crippen LogP contribution in [0.3, 0.4) is 0 Å². The maximum absolute atomic E-state index is 13.0. The molecule has 0 spiro atoms. The first kappa shape index (κ1) is 10.8. The van der Waals surface area contributed by atoms with E-state index in [-0.39, 0.29) is 10.8 Å². The van der Waals surface area contributed by atoms with Gasteiger partial charge in [-0.05, 0) is 23.8 Å². The van der Waals surface area contributed by atoms with Crippen LogP contribution in [0.15, 0.2) is 30.5 Å². The monoisotopic (exact) mass is 240 g/mol. The largest absolute Gasteiger partial charge is 0.382 e. The highest BCUT2D eigenvalue weighted by atomic mass is 35.5. The summed E-state index contributed by atoms with van der Waals surface area (Å²) in [6.07, 6.45) is 1.41. The maximum Gasteiger partial charge on any atom is 0.142 e. The third kappa shape index (κ3) is 2.12. The first-order valence-electron chi connectivity index (χ1n) is 4.44. The van der Waals surface area contributed by atoms with Crippen molar-refractivity contribution in [2.24, 2.45) is 0 Å². The van der Waals surface area contributed by atoms with Gasteiger partial charge in [-0.25, -0.2) is 13.8 Å². The molecule has 5 heteroatoms. The summed E-state index contributed by atoms with van der Waals surface area (Å²) in [6, 6.07) is 4.72. The van der Waals surface area contributed by atoms with Gasteiger partial charge in [0.25, 0.3) is 0 Å². The van der Waals surface area contributed by atoms with Crippen LogP contribution < -0.4 is 5.73 Å². The van der Waals surface area contributed by atoms with E-state index in [2.05, 4.69) is 4.98 Å². The highest BCUT2D eigenvalue weighted by molar-refractivity contribution is 6.33. The first-order valence-corrected chi connectivity index (χ1v) is 4.81. The lowest BCUT2D eigenvalue weighted by Gasteiger charge is -2.04. The SMILES string of the molecule is Nc1ncc(-c2cc(F)cc(F)c2)cc1Cl. The smallest absolute Gasteiger partial charge is 0.142 e. The first-order chi connectivity index (χ1) is 7.56. The zero-order valence-electron chi connectivity index (χ0n) is 8.05. The van der Waals surface area contributed by atoms with Crippen molar-refractivity contribution < 1.29 is 8.78 Å². The topological polar surface area (TPSA) is 38.9 Å². The summed E-state index contributed by atoms with van der Waals surface area (Å²) in [6.45, 7) is 0. The van der Waals surface area contributed by atoms with Gasteiger partial charge in [0.2, 0.25) is 0 Å². The molecule has 1 aromatic heterocycles. The molecule has 0 bridgehead atoms. The average Bonchev–Trinajstić information content (AvgIpc) is 2.20. The van der Waals surface area contributed by atoms with E-state index in [1.807, 2.05) is 0 Å². The van der Waals surface area contributed by atoms with E-state index < -0.39 is 11.6 Å². The number of rotatable bonds is 1. The fourth-order valence-corrected chi connectivity index (χ4v) is 1.49. The van der Waals surface area contributed by atoms with Gasteiger partial charge in [0.05, 0.1) is 5.02 Å². The second-order valence-corrected chi connectivity index (χ2v) is 3.66. The third-order valence-electron chi connectivity index (χ3n) is 2.07. The molecular weight excluding hydrogens is 234 g/mol. The summed E-state index contributed by atoms with van der Waals surface area (Å²) in [5.74, 6) is -1.12. The van der Waals surface area contributed by atoms with Crippen LogP contribution in [0.2, 0.25) is 5.02 Å². The van der Waals surface area contributed by atoms with E-state index in [1.54, 1.807) is 0 Å². The Kier molecular flexibility index (Phi) is 2.75. The van der Waals surface area contributed by atoms with E-state index in [9.17, 15) is 8.78 Å². The van der Waals surface area contributed by atoms with Crippen LogP contribution >= 0.6 is 11.6 Å². The highest BCUT2D eigenvalue weighted by Crippen LogP contribution is 2.26. The van der Waals surface area contributed by atoms with Crippen LogP contribution in [0, 0.1) is 11.6 Å². The molecule has 2 nitrogen and oxygen atoms in total. The molecule has 2 rings (SSSR count). The quantitative estimate of drug-likeness (QED) is 0.831. The summed E-state index contributed by atoms with van der Waals surface area (Å²) in [4.78, 5) is 3.82. The van der Waals surface area contributed by atoms with Gasteiger partial charge >= 0.3 is 0 Å². The number of pyridine rings is 1. The van der Waals surface area contributed by atoms with Crippen LogP contribution in [0.4, 0.5) is 14.6 Å². The van der Waals surface area contributed by atoms with Crippen LogP contribution in [-0.2, 0) is 0 Å². The van der Waals surface area contributed by atoms with Crippen molar-refractivity contribution in [3.05, 3.63) is 47.1 Å². The Morgan fingerprint density at radius 2 is 1.62 bits per heavy atom. The molecular formula is C11H7ClF2N2. The lowest BCUT2D eigenvalue weighted by atomic mass is 10.1. The number of hydrogen-bond donors (Lipinski definition) is 1. The van der Waals surface area contributed by atoms with Gasteiger partial charge in [-0.3, -0.25) is 0 Å². The minimum Gasteiger partial charge on any atom is -0.382 e. The molecule has 0 aliphatic carbocycles. The number of nitrogens with two attached hydrogens (primary N) is 1. The second kappa shape index (κ2) is 4.06. The van der Waals surface area contributed by atoms with E-state index in [0.717, 1.165) is 6.07 Å². The number of aromatic nitrogens is 1. The predicted molar refractivity (Wildman–Crippen MR) is 59.0 cm³/mol. The molecule has 0 unspecified atom stereocenters. The number of halogens is 3. The normalized spacial score (nSPS) is 10.4. The minimum atomic E-state index is -0.650. The number of nitrogens with zero attached hydrogens (tertiary/aromatic N) is 1. The number of hydrogen-bond acceptors (Lipinski definition) is 2. The standard InChI is InChI=1S/C11H7ClF2N2/c12-10-3-7(5-16-11(10)15)6-1-8(13)4-9(14)2-6/h1-5H,(H2,15,16). The van der Waals surface area contributed by atoms with Crippen LogP contribution in [-0.4, -0.2) is 4.98 Å². The molecule has 2 aromatic rings. The summed E-state index contributed by atoms with van der Waals surface area (Å²) in [5.41, 5.74) is 6.31. The lowest BCUT2D eigenvalue weighted by molar-refractivity contribution is 0.584. The van der Waals surface area contributed by atoms with Crippen molar-refractivity contribution in [2.45, 2.75) is 0 Å². The third-order valence-corrected chi connectivity index (χ3v) is 2.37. The fraction of sp³-hybridized carbons (Fsp3) is 0. The molecule has 0 radical (unpaired) electrons. The number of anilines is 1. The Bertz CT molecular complexity index is 523. The van der Waals surface area contributed by atoms with Crippen LogP contribution in [0.5, 0.6) is 0 Å². The Morgan fingerprint density at radius 3 is 2.19 bits per heavy atom. The highest BCUT2D eigenvalue weighted by Gasteiger charge is 2.05. The predicted octanol–water partition coefficient (Wildman–Crippen LogP) is 3.26.